The second-order valence-electron chi connectivity index (χ2n) is 13.3. The van der Waals surface area contributed by atoms with Gasteiger partial charge in [-0.15, -0.1) is 0 Å². The van der Waals surface area contributed by atoms with Crippen LogP contribution in [-0.2, 0) is 11.3 Å². The topological polar surface area (TPSA) is 194 Å². The summed E-state index contributed by atoms with van der Waals surface area (Å²) >= 11 is 0. The Balaban J connectivity index is 0.000000251. The van der Waals surface area contributed by atoms with Gasteiger partial charge in [-0.1, -0.05) is 62.1 Å². The van der Waals surface area contributed by atoms with Gasteiger partial charge in [-0.3, -0.25) is 33.7 Å². The molecular weight excluding hydrogens is 668 g/mol. The summed E-state index contributed by atoms with van der Waals surface area (Å²) < 4.78 is 11.3. The summed E-state index contributed by atoms with van der Waals surface area (Å²) in [5, 5.41) is 0. The number of esters is 1. The Bertz CT molecular complexity index is 2380. The van der Waals surface area contributed by atoms with Crippen molar-refractivity contribution >= 4 is 17.5 Å². The molecule has 0 bridgehead atoms. The maximum atomic E-state index is 13.6. The molecule has 3 N–H and O–H groups in total. The minimum atomic E-state index is -0.769. The first-order valence-electron chi connectivity index (χ1n) is 16.6. The van der Waals surface area contributed by atoms with E-state index >= 15 is 0 Å². The lowest BCUT2D eigenvalue weighted by molar-refractivity contribution is 0.0597. The Morgan fingerprint density at radius 1 is 0.712 bits per heavy atom. The van der Waals surface area contributed by atoms with Crippen molar-refractivity contribution in [2.45, 2.75) is 73.8 Å². The van der Waals surface area contributed by atoms with Crippen molar-refractivity contribution in [1.82, 2.24) is 19.5 Å². The molecule has 0 aliphatic rings. The molecule has 52 heavy (non-hydrogen) atoms. The maximum absolute atomic E-state index is 13.6. The number of furan rings is 1. The Labute approximate surface area is 298 Å². The first-order chi connectivity index (χ1) is 24.4. The molecule has 5 aromatic rings. The Kier molecular flexibility index (Phi) is 11.8. The highest BCUT2D eigenvalue weighted by molar-refractivity contribution is 6.09. The van der Waals surface area contributed by atoms with E-state index in [4.69, 9.17) is 9.15 Å². The molecule has 13 nitrogen and oxygen atoms in total. The quantitative estimate of drug-likeness (QED) is 0.140. The van der Waals surface area contributed by atoms with E-state index in [-0.39, 0.29) is 52.4 Å². The van der Waals surface area contributed by atoms with E-state index in [1.54, 1.807) is 52.0 Å². The summed E-state index contributed by atoms with van der Waals surface area (Å²) in [6, 6.07) is 12.2. The van der Waals surface area contributed by atoms with E-state index in [1.165, 1.54) is 19.4 Å². The van der Waals surface area contributed by atoms with Gasteiger partial charge in [0.15, 0.2) is 0 Å². The molecule has 0 amide bonds. The highest BCUT2D eigenvalue weighted by atomic mass is 16.5. The Morgan fingerprint density at radius 2 is 1.21 bits per heavy atom. The average Bonchev–Trinajstić information content (AvgIpc) is 3.51. The van der Waals surface area contributed by atoms with Crippen molar-refractivity contribution in [2.24, 2.45) is 0 Å². The molecule has 13 heteroatoms. The van der Waals surface area contributed by atoms with Crippen molar-refractivity contribution in [2.75, 3.05) is 7.11 Å². The number of ketones is 2. The maximum Gasteiger partial charge on any atom is 0.341 e. The molecule has 0 aliphatic carbocycles. The molecular formula is C39H42N4O9. The van der Waals surface area contributed by atoms with Gasteiger partial charge in [0.2, 0.25) is 11.6 Å². The van der Waals surface area contributed by atoms with Crippen LogP contribution in [-0.4, -0.2) is 44.2 Å². The SMILES string of the molecule is COC(=O)c1ccoc1Cn1c(C(=O)c2cc(C)cc(C)c2)c(C(C)C)c(=O)[nH]c1=O.Cc1cc(C)cc(C(=O)c2[nH]c(=O)[nH]c(=O)c2C(C)C)c1. The molecule has 0 unspecified atom stereocenters. The molecule has 2 aromatic carbocycles. The van der Waals surface area contributed by atoms with Gasteiger partial charge >= 0.3 is 17.3 Å². The van der Waals surface area contributed by atoms with Gasteiger partial charge < -0.3 is 14.1 Å². The summed E-state index contributed by atoms with van der Waals surface area (Å²) in [5.41, 5.74) is 2.62. The highest BCUT2D eigenvalue weighted by Crippen LogP contribution is 2.22. The second-order valence-corrected chi connectivity index (χ2v) is 13.3. The number of aryl methyl sites for hydroxylation is 4. The highest BCUT2D eigenvalue weighted by Gasteiger charge is 2.27. The summed E-state index contributed by atoms with van der Waals surface area (Å²) in [5.74, 6) is -1.79. The number of nitrogens with zero attached hydrogens (tertiary/aromatic N) is 1. The van der Waals surface area contributed by atoms with Crippen molar-refractivity contribution in [3.63, 3.8) is 0 Å². The number of ether oxygens (including phenoxy) is 1. The molecule has 0 fully saturated rings. The van der Waals surface area contributed by atoms with Crippen molar-refractivity contribution in [3.8, 4) is 0 Å². The predicted octanol–water partition coefficient (Wildman–Crippen LogP) is 4.97. The second kappa shape index (κ2) is 15.8. The van der Waals surface area contributed by atoms with Gasteiger partial charge in [0.25, 0.3) is 11.1 Å². The number of aromatic amines is 3. The van der Waals surface area contributed by atoms with Crippen LogP contribution in [0.3, 0.4) is 0 Å². The van der Waals surface area contributed by atoms with Crippen LogP contribution in [0.15, 0.2) is 72.3 Å². The molecule has 0 saturated heterocycles. The molecule has 0 radical (unpaired) electrons. The van der Waals surface area contributed by atoms with Crippen molar-refractivity contribution in [1.29, 1.82) is 0 Å². The minimum absolute atomic E-state index is 0.0269. The largest absolute Gasteiger partial charge is 0.467 e. The monoisotopic (exact) mass is 710 g/mol. The van der Waals surface area contributed by atoms with Gasteiger partial charge in [0.1, 0.15) is 17.0 Å². The van der Waals surface area contributed by atoms with Crippen LogP contribution in [0, 0.1) is 27.7 Å². The molecule has 0 spiro atoms. The zero-order chi connectivity index (χ0) is 38.6. The number of hydrogen-bond donors (Lipinski definition) is 3. The van der Waals surface area contributed by atoms with Crippen LogP contribution in [0.25, 0.3) is 0 Å². The lowest BCUT2D eigenvalue weighted by Gasteiger charge is -2.17. The fraction of sp³-hybridized carbons (Fsp3) is 0.308. The zero-order valence-electron chi connectivity index (χ0n) is 30.6. The molecule has 0 aliphatic heterocycles. The molecule has 3 aromatic heterocycles. The normalized spacial score (nSPS) is 11.0. The number of carbonyl (C=O) groups excluding carboxylic acids is 3. The van der Waals surface area contributed by atoms with Crippen molar-refractivity contribution < 1.29 is 23.5 Å². The number of H-pyrrole nitrogens is 3. The summed E-state index contributed by atoms with van der Waals surface area (Å²) in [6.45, 7) is 14.4. The average molecular weight is 711 g/mol. The number of aromatic nitrogens is 4. The van der Waals surface area contributed by atoms with E-state index in [1.807, 2.05) is 39.8 Å². The number of carbonyl (C=O) groups is 3. The Morgan fingerprint density at radius 3 is 1.71 bits per heavy atom. The minimum Gasteiger partial charge on any atom is -0.467 e. The third-order valence-corrected chi connectivity index (χ3v) is 8.23. The fourth-order valence-electron chi connectivity index (χ4n) is 6.13. The third kappa shape index (κ3) is 8.43. The van der Waals surface area contributed by atoms with E-state index in [0.717, 1.165) is 26.8 Å². The number of nitrogens with one attached hydrogen (secondary N) is 3. The number of hydrogen-bond acceptors (Lipinski definition) is 9. The Hall–Kier alpha value is -6.11. The first kappa shape index (κ1) is 38.7. The zero-order valence-corrected chi connectivity index (χ0v) is 30.6. The van der Waals surface area contributed by atoms with Crippen LogP contribution in [0.2, 0.25) is 0 Å². The molecule has 3 heterocycles. The van der Waals surface area contributed by atoms with Gasteiger partial charge in [-0.25, -0.2) is 14.4 Å². The van der Waals surface area contributed by atoms with Crippen LogP contribution in [0.5, 0.6) is 0 Å². The number of benzene rings is 2. The third-order valence-electron chi connectivity index (χ3n) is 8.23. The van der Waals surface area contributed by atoms with Crippen LogP contribution in [0.4, 0.5) is 0 Å². The van der Waals surface area contributed by atoms with Gasteiger partial charge in [-0.05, 0) is 69.9 Å². The summed E-state index contributed by atoms with van der Waals surface area (Å²) in [6.07, 6.45) is 1.30. The van der Waals surface area contributed by atoms with Crippen molar-refractivity contribution in [3.05, 3.63) is 158 Å². The van der Waals surface area contributed by atoms with Crippen LogP contribution < -0.4 is 22.5 Å². The van der Waals surface area contributed by atoms with E-state index in [9.17, 15) is 33.6 Å². The number of methoxy groups -OCH3 is 1. The van der Waals surface area contributed by atoms with E-state index in [2.05, 4.69) is 15.0 Å². The first-order valence-corrected chi connectivity index (χ1v) is 16.6. The van der Waals surface area contributed by atoms with Gasteiger partial charge in [0, 0.05) is 22.3 Å². The molecule has 272 valence electrons. The molecule has 5 rings (SSSR count). The lowest BCUT2D eigenvalue weighted by Crippen LogP contribution is -2.38. The van der Waals surface area contributed by atoms with Gasteiger partial charge in [0.05, 0.1) is 25.6 Å². The van der Waals surface area contributed by atoms with E-state index < -0.39 is 34.3 Å². The van der Waals surface area contributed by atoms with E-state index in [0.29, 0.717) is 16.7 Å². The van der Waals surface area contributed by atoms with Crippen LogP contribution in [0.1, 0.15) is 121 Å². The summed E-state index contributed by atoms with van der Waals surface area (Å²) in [4.78, 5) is 94.0. The van der Waals surface area contributed by atoms with Gasteiger partial charge in [-0.2, -0.15) is 0 Å². The smallest absolute Gasteiger partial charge is 0.341 e. The molecule has 0 atom stereocenters. The predicted molar refractivity (Wildman–Crippen MR) is 195 cm³/mol. The van der Waals surface area contributed by atoms with Crippen LogP contribution >= 0.6 is 0 Å². The molecule has 0 saturated carbocycles. The number of rotatable bonds is 9. The summed E-state index contributed by atoms with van der Waals surface area (Å²) in [7, 11) is 1.23. The fourth-order valence-corrected chi connectivity index (χ4v) is 6.13. The lowest BCUT2D eigenvalue weighted by atomic mass is 9.95. The standard InChI is InChI=1S/C23H24N2O6.C16H18N2O3/c1-12(2)18-19(20(26)15-9-13(3)8-14(4)10-15)25(23(29)24-21(18)27)11-17-16(6-7-31-17)22(28)30-5;1-8(2)12-13(17-16(21)18-15(12)20)14(19)11-6-9(3)5-10(4)7-11/h6-10,12H,11H2,1-5H3,(H,24,27,29);5-8H,1-4H3,(H2,17,18,20,21).